The lowest BCUT2D eigenvalue weighted by Gasteiger charge is -2.32. The molecule has 2 aliphatic rings. The molecule has 0 fully saturated rings. The maximum atomic E-state index is 13.6. The van der Waals surface area contributed by atoms with Gasteiger partial charge in [0.15, 0.2) is 0 Å². The minimum atomic E-state index is -3.63. The number of hydrogen-bond donors (Lipinski definition) is 0. The Balaban J connectivity index is 1.71. The number of benzene rings is 3. The fraction of sp³-hybridized carbons (Fsp3) is 0.200. The highest BCUT2D eigenvalue weighted by atomic mass is 79.9. The normalized spacial score (nSPS) is 18.3. The molecule has 0 amide bonds. The molecule has 1 heterocycles. The van der Waals surface area contributed by atoms with Gasteiger partial charge >= 0.3 is 0 Å². The molecule has 5 rings (SSSR count). The van der Waals surface area contributed by atoms with Crippen molar-refractivity contribution in [1.29, 1.82) is 0 Å². The van der Waals surface area contributed by atoms with E-state index in [4.69, 9.17) is 0 Å². The van der Waals surface area contributed by atoms with Crippen LogP contribution in [0.1, 0.15) is 41.0 Å². The number of fused-ring (bicyclic) bond motifs is 2. The van der Waals surface area contributed by atoms with Crippen molar-refractivity contribution in [3.8, 4) is 0 Å². The zero-order chi connectivity index (χ0) is 20.9. The third-order valence-corrected chi connectivity index (χ3v) is 8.60. The quantitative estimate of drug-likeness (QED) is 0.455. The van der Waals surface area contributed by atoms with Gasteiger partial charge in [-0.05, 0) is 54.7 Å². The molecular formula is C25H22BrNO2S. The van der Waals surface area contributed by atoms with Crippen LogP contribution in [0.4, 0.5) is 0 Å². The fourth-order valence-corrected chi connectivity index (χ4v) is 6.76. The number of halogens is 1. The average molecular weight is 480 g/mol. The second-order valence-electron chi connectivity index (χ2n) is 7.91. The Morgan fingerprint density at radius 2 is 1.57 bits per heavy atom. The van der Waals surface area contributed by atoms with E-state index < -0.39 is 10.0 Å². The van der Waals surface area contributed by atoms with Crippen molar-refractivity contribution in [2.45, 2.75) is 30.6 Å². The first kappa shape index (κ1) is 19.6. The summed E-state index contributed by atoms with van der Waals surface area (Å²) in [7, 11) is -3.63. The van der Waals surface area contributed by atoms with Gasteiger partial charge in [0.05, 0.1) is 10.6 Å². The van der Waals surface area contributed by atoms with Crippen molar-refractivity contribution < 1.29 is 8.42 Å². The number of aryl methyl sites for hydroxylation is 1. The van der Waals surface area contributed by atoms with Crippen molar-refractivity contribution in [2.24, 2.45) is 0 Å². The van der Waals surface area contributed by atoms with Gasteiger partial charge in [0.25, 0.3) is 10.0 Å². The Bertz CT molecular complexity index is 1260. The van der Waals surface area contributed by atoms with Gasteiger partial charge < -0.3 is 0 Å². The summed E-state index contributed by atoms with van der Waals surface area (Å²) in [6.45, 7) is 2.47. The van der Waals surface area contributed by atoms with Gasteiger partial charge in [-0.3, -0.25) is 4.31 Å². The van der Waals surface area contributed by atoms with Crippen LogP contribution in [0.15, 0.2) is 87.7 Å². The molecule has 1 aliphatic heterocycles. The highest BCUT2D eigenvalue weighted by molar-refractivity contribution is 9.10. The number of nitrogens with zero attached hydrogens (tertiary/aromatic N) is 1. The average Bonchev–Trinajstić information content (AvgIpc) is 3.09. The van der Waals surface area contributed by atoms with E-state index in [-0.39, 0.29) is 5.92 Å². The van der Waals surface area contributed by atoms with Crippen LogP contribution in [0, 0.1) is 6.92 Å². The third-order valence-electron chi connectivity index (χ3n) is 6.06. The van der Waals surface area contributed by atoms with Gasteiger partial charge in [0, 0.05) is 22.5 Å². The molecule has 0 saturated carbocycles. The SMILES string of the molecule is Cc1ccc(S(=O)(=O)N2CCCC3=C2c2ccccc2C3c2ccccc2Br)cc1. The van der Waals surface area contributed by atoms with Crippen LogP contribution in [0.2, 0.25) is 0 Å². The second-order valence-corrected chi connectivity index (χ2v) is 10.6. The van der Waals surface area contributed by atoms with Crippen LogP contribution >= 0.6 is 15.9 Å². The van der Waals surface area contributed by atoms with Crippen LogP contribution in [0.3, 0.4) is 0 Å². The first-order valence-electron chi connectivity index (χ1n) is 10.1. The van der Waals surface area contributed by atoms with Crippen molar-refractivity contribution in [3.63, 3.8) is 0 Å². The summed E-state index contributed by atoms with van der Waals surface area (Å²) in [6, 6.07) is 23.6. The summed E-state index contributed by atoms with van der Waals surface area (Å²) in [4.78, 5) is 0.351. The molecule has 0 spiro atoms. The first-order chi connectivity index (χ1) is 14.5. The maximum Gasteiger partial charge on any atom is 0.264 e. The molecule has 1 aliphatic carbocycles. The molecule has 1 atom stereocenters. The van der Waals surface area contributed by atoms with Gasteiger partial charge in [0.2, 0.25) is 0 Å². The first-order valence-corrected chi connectivity index (χ1v) is 12.4. The van der Waals surface area contributed by atoms with Gasteiger partial charge in [-0.1, -0.05) is 76.1 Å². The molecular weight excluding hydrogens is 458 g/mol. The zero-order valence-corrected chi connectivity index (χ0v) is 19.1. The van der Waals surface area contributed by atoms with Crippen LogP contribution in [-0.2, 0) is 10.0 Å². The van der Waals surface area contributed by atoms with Crippen molar-refractivity contribution >= 4 is 31.7 Å². The van der Waals surface area contributed by atoms with E-state index in [0.29, 0.717) is 11.4 Å². The fourth-order valence-electron chi connectivity index (χ4n) is 4.69. The Morgan fingerprint density at radius 1 is 0.900 bits per heavy atom. The molecule has 1 unspecified atom stereocenters. The van der Waals surface area contributed by atoms with E-state index >= 15 is 0 Å². The maximum absolute atomic E-state index is 13.6. The molecule has 3 nitrogen and oxygen atoms in total. The predicted molar refractivity (Wildman–Crippen MR) is 124 cm³/mol. The molecule has 0 N–H and O–H groups in total. The highest BCUT2D eigenvalue weighted by Gasteiger charge is 2.41. The minimum absolute atomic E-state index is 0.0720. The molecule has 0 aromatic heterocycles. The smallest absolute Gasteiger partial charge is 0.264 e. The summed E-state index contributed by atoms with van der Waals surface area (Å²) < 4.78 is 30.0. The lowest BCUT2D eigenvalue weighted by atomic mass is 9.86. The van der Waals surface area contributed by atoms with E-state index in [2.05, 4.69) is 40.2 Å². The Kier molecular flexibility index (Phi) is 4.83. The Morgan fingerprint density at radius 3 is 2.30 bits per heavy atom. The molecule has 0 bridgehead atoms. The number of rotatable bonds is 3. The van der Waals surface area contributed by atoms with Crippen molar-refractivity contribution in [2.75, 3.05) is 6.54 Å². The zero-order valence-electron chi connectivity index (χ0n) is 16.7. The standard InChI is InChI=1S/C25H22BrNO2S/c1-17-12-14-18(15-13-17)30(28,29)27-16-6-10-22-24(21-9-4-5-11-23(21)26)19-7-2-3-8-20(19)25(22)27/h2-5,7-9,11-15,24H,6,10,16H2,1H3. The van der Waals surface area contributed by atoms with Crippen molar-refractivity contribution in [1.82, 2.24) is 4.31 Å². The number of allylic oxidation sites excluding steroid dienone is 1. The van der Waals surface area contributed by atoms with E-state index in [1.165, 1.54) is 16.7 Å². The highest BCUT2D eigenvalue weighted by Crippen LogP contribution is 2.52. The summed E-state index contributed by atoms with van der Waals surface area (Å²) >= 11 is 3.72. The summed E-state index contributed by atoms with van der Waals surface area (Å²) in [5.74, 6) is 0.0720. The molecule has 5 heteroatoms. The predicted octanol–water partition coefficient (Wildman–Crippen LogP) is 6.10. The van der Waals surface area contributed by atoms with Gasteiger partial charge in [-0.25, -0.2) is 8.42 Å². The second kappa shape index (κ2) is 7.40. The monoisotopic (exact) mass is 479 g/mol. The van der Waals surface area contributed by atoms with E-state index in [1.54, 1.807) is 16.4 Å². The molecule has 3 aromatic carbocycles. The molecule has 0 radical (unpaired) electrons. The van der Waals surface area contributed by atoms with Crippen molar-refractivity contribution in [3.05, 3.63) is 105 Å². The van der Waals surface area contributed by atoms with E-state index in [1.807, 2.05) is 43.3 Å². The number of sulfonamides is 1. The minimum Gasteiger partial charge on any atom is -0.266 e. The molecule has 152 valence electrons. The Hall–Kier alpha value is -2.37. The molecule has 30 heavy (non-hydrogen) atoms. The third kappa shape index (κ3) is 3.03. The Labute approximate surface area is 186 Å². The van der Waals surface area contributed by atoms with E-state index in [9.17, 15) is 8.42 Å². The van der Waals surface area contributed by atoms with Crippen LogP contribution in [0.25, 0.3) is 5.70 Å². The van der Waals surface area contributed by atoms with Gasteiger partial charge in [-0.15, -0.1) is 0 Å². The van der Waals surface area contributed by atoms with Gasteiger partial charge in [0.1, 0.15) is 0 Å². The molecule has 3 aromatic rings. The molecule has 0 saturated heterocycles. The lowest BCUT2D eigenvalue weighted by Crippen LogP contribution is -2.33. The van der Waals surface area contributed by atoms with Gasteiger partial charge in [-0.2, -0.15) is 0 Å². The summed E-state index contributed by atoms with van der Waals surface area (Å²) in [5, 5.41) is 0. The lowest BCUT2D eigenvalue weighted by molar-refractivity contribution is 0.483. The largest absolute Gasteiger partial charge is 0.266 e. The van der Waals surface area contributed by atoms with Crippen LogP contribution in [0.5, 0.6) is 0 Å². The van der Waals surface area contributed by atoms with Crippen LogP contribution in [-0.4, -0.2) is 19.3 Å². The van der Waals surface area contributed by atoms with Crippen LogP contribution < -0.4 is 0 Å². The number of hydrogen-bond acceptors (Lipinski definition) is 2. The topological polar surface area (TPSA) is 37.4 Å². The summed E-state index contributed by atoms with van der Waals surface area (Å²) in [5.41, 5.74) is 6.52. The van der Waals surface area contributed by atoms with E-state index in [0.717, 1.165) is 34.1 Å². The summed E-state index contributed by atoms with van der Waals surface area (Å²) in [6.07, 6.45) is 1.72.